The fourth-order valence-corrected chi connectivity index (χ4v) is 4.89. The third kappa shape index (κ3) is 4.75. The number of Topliss-reactive ketones (excluding diaryl/α,β-unsaturated/α-hetero) is 1. The molecular weight excluding hydrogens is 458 g/mol. The number of halogens is 2. The number of aromatic nitrogens is 4. The van der Waals surface area contributed by atoms with Gasteiger partial charge in [-0.15, -0.1) is 10.2 Å². The molecule has 2 aromatic heterocycles. The van der Waals surface area contributed by atoms with Crippen molar-refractivity contribution in [2.45, 2.75) is 44.7 Å². The molecule has 0 bridgehead atoms. The number of aryl methyl sites for hydroxylation is 2. The summed E-state index contributed by atoms with van der Waals surface area (Å²) in [6, 6.07) is 18.0. The number of thioether (sulfide) groups is 1. The summed E-state index contributed by atoms with van der Waals surface area (Å²) in [5.74, 6) is 0.799. The van der Waals surface area contributed by atoms with E-state index >= 15 is 0 Å². The molecule has 0 aliphatic heterocycles. The van der Waals surface area contributed by atoms with Crippen LogP contribution in [-0.2, 0) is 0 Å². The third-order valence-electron chi connectivity index (χ3n) is 5.48. The molecule has 176 valence electrons. The zero-order chi connectivity index (χ0) is 24.4. The summed E-state index contributed by atoms with van der Waals surface area (Å²) in [5.41, 5.74) is 3.94. The Morgan fingerprint density at radius 3 is 2.24 bits per heavy atom. The van der Waals surface area contributed by atoms with Gasteiger partial charge in [-0.2, -0.15) is 8.78 Å². The monoisotopic (exact) mass is 482 g/mol. The second-order valence-electron chi connectivity index (χ2n) is 7.82. The van der Waals surface area contributed by atoms with Gasteiger partial charge in [0.25, 0.3) is 0 Å². The normalized spacial score (nSPS) is 12.2. The van der Waals surface area contributed by atoms with E-state index in [0.717, 1.165) is 28.6 Å². The summed E-state index contributed by atoms with van der Waals surface area (Å²) in [7, 11) is 0. The number of ketones is 1. The van der Waals surface area contributed by atoms with E-state index in [1.807, 2.05) is 73.2 Å². The van der Waals surface area contributed by atoms with Crippen LogP contribution in [0.1, 0.15) is 34.5 Å². The van der Waals surface area contributed by atoms with Crippen molar-refractivity contribution in [2.75, 3.05) is 0 Å². The first-order chi connectivity index (χ1) is 16.3. The first-order valence-corrected chi connectivity index (χ1v) is 11.6. The van der Waals surface area contributed by atoms with Crippen LogP contribution < -0.4 is 4.74 Å². The minimum Gasteiger partial charge on any atom is -0.435 e. The lowest BCUT2D eigenvalue weighted by atomic mass is 10.1. The van der Waals surface area contributed by atoms with Crippen molar-refractivity contribution in [2.24, 2.45) is 0 Å². The maximum Gasteiger partial charge on any atom is 0.387 e. The van der Waals surface area contributed by atoms with Crippen LogP contribution in [0, 0.1) is 20.8 Å². The molecule has 0 saturated carbocycles. The van der Waals surface area contributed by atoms with E-state index < -0.39 is 11.9 Å². The van der Waals surface area contributed by atoms with Crippen LogP contribution in [0.25, 0.3) is 11.4 Å². The summed E-state index contributed by atoms with van der Waals surface area (Å²) in [6.07, 6.45) is 0. The topological polar surface area (TPSA) is 61.9 Å². The maximum absolute atomic E-state index is 13.4. The average Bonchev–Trinajstić information content (AvgIpc) is 3.32. The molecule has 1 unspecified atom stereocenters. The van der Waals surface area contributed by atoms with Gasteiger partial charge in [0.15, 0.2) is 10.9 Å². The van der Waals surface area contributed by atoms with Crippen molar-refractivity contribution in [3.63, 3.8) is 0 Å². The van der Waals surface area contributed by atoms with E-state index in [2.05, 4.69) is 14.9 Å². The summed E-state index contributed by atoms with van der Waals surface area (Å²) in [4.78, 5) is 13.4. The largest absolute Gasteiger partial charge is 0.435 e. The Bertz CT molecular complexity index is 1300. The van der Waals surface area contributed by atoms with Gasteiger partial charge in [0.2, 0.25) is 0 Å². The summed E-state index contributed by atoms with van der Waals surface area (Å²) in [5, 5.41) is 8.73. The first kappa shape index (κ1) is 23.7. The highest BCUT2D eigenvalue weighted by Crippen LogP contribution is 2.30. The van der Waals surface area contributed by atoms with Crippen molar-refractivity contribution < 1.29 is 18.3 Å². The molecule has 0 saturated heterocycles. The van der Waals surface area contributed by atoms with Gasteiger partial charge in [0.05, 0.1) is 5.25 Å². The fourth-order valence-electron chi connectivity index (χ4n) is 3.91. The average molecular weight is 483 g/mol. The lowest BCUT2D eigenvalue weighted by Gasteiger charge is -2.13. The first-order valence-electron chi connectivity index (χ1n) is 10.7. The Balaban J connectivity index is 1.58. The molecular formula is C25H24F2N4O2S. The zero-order valence-electron chi connectivity index (χ0n) is 19.2. The van der Waals surface area contributed by atoms with Crippen molar-refractivity contribution in [3.05, 3.63) is 83.4 Å². The second kappa shape index (κ2) is 9.80. The SMILES string of the molecule is Cc1cc(C(=O)C(C)Sc2nnc(C)n2-c2ccccc2)c(C)n1-c1ccc(OC(F)F)cc1. The highest BCUT2D eigenvalue weighted by molar-refractivity contribution is 8.00. The molecule has 1 atom stereocenters. The standard InChI is InChI=1S/C25H24F2N4O2S/c1-15-14-22(16(2)30(15)20-10-12-21(13-11-20)33-24(26)27)23(32)17(3)34-25-29-28-18(4)31(25)19-8-6-5-7-9-19/h5-14,17,24H,1-4H3. The molecule has 0 aliphatic rings. The lowest BCUT2D eigenvalue weighted by Crippen LogP contribution is -2.15. The van der Waals surface area contributed by atoms with E-state index in [-0.39, 0.29) is 11.5 Å². The molecule has 6 nitrogen and oxygen atoms in total. The van der Waals surface area contributed by atoms with E-state index in [1.54, 1.807) is 12.1 Å². The summed E-state index contributed by atoms with van der Waals surface area (Å²) < 4.78 is 33.2. The molecule has 0 amide bonds. The van der Waals surface area contributed by atoms with Gasteiger partial charge in [-0.1, -0.05) is 30.0 Å². The van der Waals surface area contributed by atoms with Crippen LogP contribution in [0.5, 0.6) is 5.75 Å². The van der Waals surface area contributed by atoms with Gasteiger partial charge in [-0.25, -0.2) is 0 Å². The Labute approximate surface area is 200 Å². The second-order valence-corrected chi connectivity index (χ2v) is 9.13. The molecule has 0 spiro atoms. The van der Waals surface area contributed by atoms with Gasteiger partial charge in [0, 0.05) is 28.3 Å². The van der Waals surface area contributed by atoms with Gasteiger partial charge < -0.3 is 9.30 Å². The van der Waals surface area contributed by atoms with Gasteiger partial charge in [0.1, 0.15) is 11.6 Å². The van der Waals surface area contributed by atoms with Gasteiger partial charge in [-0.3, -0.25) is 9.36 Å². The molecule has 0 radical (unpaired) electrons. The minimum absolute atomic E-state index is 0.0257. The van der Waals surface area contributed by atoms with E-state index in [4.69, 9.17) is 0 Å². The Kier molecular flexibility index (Phi) is 6.83. The number of nitrogens with zero attached hydrogens (tertiary/aromatic N) is 4. The molecule has 4 rings (SSSR count). The number of ether oxygens (including phenoxy) is 1. The fraction of sp³-hybridized carbons (Fsp3) is 0.240. The van der Waals surface area contributed by atoms with Gasteiger partial charge >= 0.3 is 6.61 Å². The third-order valence-corrected chi connectivity index (χ3v) is 6.52. The van der Waals surface area contributed by atoms with Crippen molar-refractivity contribution in [1.82, 2.24) is 19.3 Å². The van der Waals surface area contributed by atoms with Crippen LogP contribution in [0.4, 0.5) is 8.78 Å². The minimum atomic E-state index is -2.87. The zero-order valence-corrected chi connectivity index (χ0v) is 20.0. The summed E-state index contributed by atoms with van der Waals surface area (Å²) in [6.45, 7) is 4.63. The number of para-hydroxylation sites is 1. The number of benzene rings is 2. The van der Waals surface area contributed by atoms with Crippen LogP contribution >= 0.6 is 11.8 Å². The van der Waals surface area contributed by atoms with Crippen LogP contribution in [0.2, 0.25) is 0 Å². The molecule has 9 heteroatoms. The molecule has 34 heavy (non-hydrogen) atoms. The van der Waals surface area contributed by atoms with Crippen molar-refractivity contribution in [3.8, 4) is 17.1 Å². The number of carbonyl (C=O) groups is 1. The van der Waals surface area contributed by atoms with Crippen LogP contribution in [0.3, 0.4) is 0 Å². The molecule has 4 aromatic rings. The van der Waals surface area contributed by atoms with E-state index in [0.29, 0.717) is 10.7 Å². The smallest absolute Gasteiger partial charge is 0.387 e. The molecule has 0 aliphatic carbocycles. The molecule has 0 fully saturated rings. The van der Waals surface area contributed by atoms with E-state index in [9.17, 15) is 13.6 Å². The Morgan fingerprint density at radius 2 is 1.59 bits per heavy atom. The van der Waals surface area contributed by atoms with Gasteiger partial charge in [-0.05, 0) is 70.2 Å². The highest BCUT2D eigenvalue weighted by atomic mass is 32.2. The number of hydrogen-bond acceptors (Lipinski definition) is 5. The van der Waals surface area contributed by atoms with E-state index in [1.165, 1.54) is 23.9 Å². The molecule has 2 aromatic carbocycles. The summed E-state index contributed by atoms with van der Waals surface area (Å²) >= 11 is 1.36. The van der Waals surface area contributed by atoms with Crippen molar-refractivity contribution >= 4 is 17.5 Å². The highest BCUT2D eigenvalue weighted by Gasteiger charge is 2.25. The van der Waals surface area contributed by atoms with Crippen molar-refractivity contribution in [1.29, 1.82) is 0 Å². The number of carbonyl (C=O) groups excluding carboxylic acids is 1. The Hall–Kier alpha value is -3.46. The Morgan fingerprint density at radius 1 is 0.941 bits per heavy atom. The van der Waals surface area contributed by atoms with Crippen LogP contribution in [0.15, 0.2) is 65.8 Å². The number of alkyl halides is 2. The predicted molar refractivity (Wildman–Crippen MR) is 128 cm³/mol. The lowest BCUT2D eigenvalue weighted by molar-refractivity contribution is -0.0498. The quantitative estimate of drug-likeness (QED) is 0.229. The maximum atomic E-state index is 13.4. The van der Waals surface area contributed by atoms with Crippen LogP contribution in [-0.4, -0.2) is 37.0 Å². The predicted octanol–water partition coefficient (Wildman–Crippen LogP) is 5.95. The molecule has 2 heterocycles. The number of rotatable bonds is 8. The molecule has 0 N–H and O–H groups in total. The number of hydrogen-bond donors (Lipinski definition) is 0.